The van der Waals surface area contributed by atoms with Gasteiger partial charge >= 0.3 is 11.6 Å². The summed E-state index contributed by atoms with van der Waals surface area (Å²) in [5.74, 6) is 1.58. The lowest BCUT2D eigenvalue weighted by Crippen LogP contribution is -1.95. The standard InChI is InChI=1S/C18H14BrN3O.C12H10BrN3O.O2S/c1-11-17(12(2)23-21-11)16-9-8-14-15(19)10-22(18(14)20-16)13-6-4-3-5-7-13;1-6-11(7(2)17-16-6)10-4-3-8-9(13)5-14-12(8)15-10;1-3-2/h3-10H,1-2H3;3-5H,1-2H3,(H,14,15);. The fourth-order valence-electron chi connectivity index (χ4n) is 4.80. The minimum absolute atomic E-state index is 0.750. The molecule has 0 spiro atoms. The number of aromatic nitrogens is 6. The van der Waals surface area contributed by atoms with Gasteiger partial charge in [-0.1, -0.05) is 28.5 Å². The van der Waals surface area contributed by atoms with Crippen molar-refractivity contribution in [2.45, 2.75) is 27.7 Å². The zero-order chi connectivity index (χ0) is 30.7. The number of fused-ring (bicyclic) bond motifs is 2. The third-order valence-electron chi connectivity index (χ3n) is 6.70. The lowest BCUT2D eigenvalue weighted by molar-refractivity contribution is 0.393. The average molecular weight is 724 g/mol. The molecule has 6 aromatic heterocycles. The number of rotatable bonds is 3. The highest BCUT2D eigenvalue weighted by Gasteiger charge is 2.17. The molecule has 0 radical (unpaired) electrons. The first kappa shape index (κ1) is 30.3. The molecule has 6 heterocycles. The highest BCUT2D eigenvalue weighted by Crippen LogP contribution is 2.32. The van der Waals surface area contributed by atoms with Gasteiger partial charge in [0.2, 0.25) is 0 Å². The van der Waals surface area contributed by atoms with Crippen LogP contribution in [-0.2, 0) is 11.6 Å². The van der Waals surface area contributed by atoms with Crippen LogP contribution in [0.2, 0.25) is 0 Å². The SMILES string of the molecule is Cc1noc(C)c1-c1ccc2c(Br)c[nH]c2n1.Cc1noc(C)c1-c1ccc2c(Br)cn(-c3ccccc3)c2n1.O=S=O. The summed E-state index contributed by atoms with van der Waals surface area (Å²) in [5, 5.41) is 10.1. The molecule has 1 N–H and O–H groups in total. The molecule has 218 valence electrons. The fraction of sp³-hybridized carbons (Fsp3) is 0.133. The topological polar surface area (TPSA) is 133 Å². The van der Waals surface area contributed by atoms with Crippen LogP contribution in [0.25, 0.3) is 50.3 Å². The van der Waals surface area contributed by atoms with Crippen LogP contribution in [0, 0.1) is 27.7 Å². The summed E-state index contributed by atoms with van der Waals surface area (Å²) in [7, 11) is 0. The molecule has 7 rings (SSSR count). The molecule has 0 atom stereocenters. The average Bonchev–Trinajstić information content (AvgIpc) is 3.74. The van der Waals surface area contributed by atoms with Gasteiger partial charge in [-0.2, -0.15) is 8.42 Å². The number of para-hydroxylation sites is 1. The van der Waals surface area contributed by atoms with Gasteiger partial charge in [0, 0.05) is 37.8 Å². The molecule has 13 heteroatoms. The summed E-state index contributed by atoms with van der Waals surface area (Å²) in [5.41, 5.74) is 8.23. The molecule has 0 saturated heterocycles. The van der Waals surface area contributed by atoms with Gasteiger partial charge < -0.3 is 18.6 Å². The van der Waals surface area contributed by atoms with Crippen molar-refractivity contribution >= 4 is 65.5 Å². The van der Waals surface area contributed by atoms with E-state index in [2.05, 4.69) is 74.9 Å². The number of halogens is 2. The first-order chi connectivity index (χ1) is 20.7. The third-order valence-corrected chi connectivity index (χ3v) is 7.99. The van der Waals surface area contributed by atoms with E-state index in [1.54, 1.807) is 0 Å². The number of nitrogens with one attached hydrogen (secondary N) is 1. The second-order valence-electron chi connectivity index (χ2n) is 9.45. The molecule has 0 amide bonds. The van der Waals surface area contributed by atoms with Crippen molar-refractivity contribution in [3.63, 3.8) is 0 Å². The first-order valence-corrected chi connectivity index (χ1v) is 15.1. The predicted octanol–water partition coefficient (Wildman–Crippen LogP) is 7.99. The van der Waals surface area contributed by atoms with E-state index in [0.717, 1.165) is 82.1 Å². The van der Waals surface area contributed by atoms with Crippen molar-refractivity contribution in [1.29, 1.82) is 0 Å². The lowest BCUT2D eigenvalue weighted by atomic mass is 10.1. The fourth-order valence-corrected chi connectivity index (χ4v) is 5.74. The van der Waals surface area contributed by atoms with Crippen molar-refractivity contribution in [1.82, 2.24) is 29.8 Å². The highest BCUT2D eigenvalue weighted by atomic mass is 79.9. The monoisotopic (exact) mass is 722 g/mol. The maximum absolute atomic E-state index is 8.29. The molecule has 0 aliphatic carbocycles. The van der Waals surface area contributed by atoms with Gasteiger partial charge in [-0.3, -0.25) is 0 Å². The molecule has 0 aliphatic heterocycles. The van der Waals surface area contributed by atoms with E-state index in [1.165, 1.54) is 0 Å². The molecule has 0 saturated carbocycles. The molecule has 7 aromatic rings. The van der Waals surface area contributed by atoms with Crippen LogP contribution in [0.4, 0.5) is 0 Å². The number of hydrogen-bond acceptors (Lipinski definition) is 8. The minimum atomic E-state index is -0.750. The Bertz CT molecular complexity index is 2050. The smallest absolute Gasteiger partial charge is 0.335 e. The van der Waals surface area contributed by atoms with Crippen LogP contribution in [-0.4, -0.2) is 38.3 Å². The number of H-pyrrole nitrogens is 1. The predicted molar refractivity (Wildman–Crippen MR) is 171 cm³/mol. The van der Waals surface area contributed by atoms with E-state index >= 15 is 0 Å². The first-order valence-electron chi connectivity index (χ1n) is 12.9. The van der Waals surface area contributed by atoms with E-state index in [-0.39, 0.29) is 0 Å². The molecule has 0 bridgehead atoms. The van der Waals surface area contributed by atoms with E-state index in [4.69, 9.17) is 22.4 Å². The van der Waals surface area contributed by atoms with Crippen LogP contribution in [0.3, 0.4) is 0 Å². The van der Waals surface area contributed by atoms with E-state index in [0.29, 0.717) is 0 Å². The summed E-state index contributed by atoms with van der Waals surface area (Å²) in [4.78, 5) is 12.6. The second kappa shape index (κ2) is 13.0. The Balaban J connectivity index is 0.000000163. The maximum Gasteiger partial charge on any atom is 0.335 e. The maximum atomic E-state index is 8.29. The van der Waals surface area contributed by atoms with Crippen molar-refractivity contribution in [2.24, 2.45) is 0 Å². The van der Waals surface area contributed by atoms with Crippen molar-refractivity contribution in [3.8, 4) is 28.2 Å². The summed E-state index contributed by atoms with van der Waals surface area (Å²) in [6.07, 6.45) is 3.93. The number of pyridine rings is 2. The Labute approximate surface area is 266 Å². The molecular formula is C30H24Br2N6O4S. The molecule has 10 nitrogen and oxygen atoms in total. The lowest BCUT2D eigenvalue weighted by Gasteiger charge is -2.06. The molecule has 0 aliphatic rings. The van der Waals surface area contributed by atoms with Crippen LogP contribution >= 0.6 is 31.9 Å². The highest BCUT2D eigenvalue weighted by molar-refractivity contribution is 9.11. The molecule has 43 heavy (non-hydrogen) atoms. The van der Waals surface area contributed by atoms with E-state index < -0.39 is 11.6 Å². The van der Waals surface area contributed by atoms with Crippen molar-refractivity contribution in [2.75, 3.05) is 0 Å². The van der Waals surface area contributed by atoms with Gasteiger partial charge in [0.05, 0.1) is 33.9 Å². The van der Waals surface area contributed by atoms with Gasteiger partial charge in [-0.15, -0.1) is 0 Å². The molecule has 1 aromatic carbocycles. The van der Waals surface area contributed by atoms with Gasteiger partial charge in [0.1, 0.15) is 22.8 Å². The normalized spacial score (nSPS) is 10.7. The summed E-state index contributed by atoms with van der Waals surface area (Å²) < 4.78 is 31.1. The summed E-state index contributed by atoms with van der Waals surface area (Å²) >= 11 is 6.34. The van der Waals surface area contributed by atoms with Gasteiger partial charge in [0.15, 0.2) is 0 Å². The van der Waals surface area contributed by atoms with Gasteiger partial charge in [0.25, 0.3) is 0 Å². The zero-order valence-corrected chi connectivity index (χ0v) is 27.4. The Hall–Kier alpha value is -4.20. The quantitative estimate of drug-likeness (QED) is 0.194. The molecular weight excluding hydrogens is 700 g/mol. The number of benzene rings is 1. The Morgan fingerprint density at radius 3 is 1.86 bits per heavy atom. The van der Waals surface area contributed by atoms with Crippen LogP contribution in [0.15, 0.2) is 85.0 Å². The van der Waals surface area contributed by atoms with Crippen LogP contribution in [0.1, 0.15) is 22.9 Å². The van der Waals surface area contributed by atoms with E-state index in [9.17, 15) is 0 Å². The van der Waals surface area contributed by atoms with Crippen LogP contribution in [0.5, 0.6) is 0 Å². The summed E-state index contributed by atoms with van der Waals surface area (Å²) in [6.45, 7) is 7.66. The second-order valence-corrected chi connectivity index (χ2v) is 11.3. The Morgan fingerprint density at radius 1 is 0.744 bits per heavy atom. The third kappa shape index (κ3) is 6.14. The minimum Gasteiger partial charge on any atom is -0.361 e. The number of nitrogens with zero attached hydrogens (tertiary/aromatic N) is 5. The van der Waals surface area contributed by atoms with Gasteiger partial charge in [-0.25, -0.2) is 9.97 Å². The summed E-state index contributed by atoms with van der Waals surface area (Å²) in [6, 6.07) is 18.3. The number of aryl methyl sites for hydroxylation is 4. The largest absolute Gasteiger partial charge is 0.361 e. The number of aromatic amines is 1. The van der Waals surface area contributed by atoms with E-state index in [1.807, 2.05) is 76.5 Å². The van der Waals surface area contributed by atoms with Crippen molar-refractivity contribution in [3.05, 3.63) is 98.8 Å². The Kier molecular flexibility index (Phi) is 9.14. The molecule has 0 unspecified atom stereocenters. The zero-order valence-electron chi connectivity index (χ0n) is 23.4. The van der Waals surface area contributed by atoms with Crippen LogP contribution < -0.4 is 0 Å². The number of hydrogen-bond donors (Lipinski definition) is 1. The van der Waals surface area contributed by atoms with Gasteiger partial charge in [-0.05, 0) is 96.0 Å². The molecule has 0 fully saturated rings. The van der Waals surface area contributed by atoms with Crippen molar-refractivity contribution < 1.29 is 17.5 Å². The Morgan fingerprint density at radius 2 is 1.30 bits per heavy atom.